The molecule has 0 N–H and O–H groups in total. The molecule has 1 atom stereocenters. The van der Waals surface area contributed by atoms with E-state index in [0.29, 0.717) is 6.04 Å². The number of carbonyl (C=O) groups excluding carboxylic acids is 1. The number of rotatable bonds is 4. The molecule has 4 heteroatoms. The average molecular weight is 359 g/mol. The van der Waals surface area contributed by atoms with Crippen LogP contribution in [-0.4, -0.2) is 26.9 Å². The zero-order valence-corrected chi connectivity index (χ0v) is 15.9. The second-order valence-corrected chi connectivity index (χ2v) is 7.40. The summed E-state index contributed by atoms with van der Waals surface area (Å²) < 4.78 is 2.13. The number of amides is 1. The van der Waals surface area contributed by atoms with Crippen molar-refractivity contribution in [3.8, 4) is 11.4 Å². The lowest BCUT2D eigenvalue weighted by Crippen LogP contribution is -2.30. The Bertz CT molecular complexity index is 930. The Morgan fingerprint density at radius 1 is 1.11 bits per heavy atom. The third-order valence-electron chi connectivity index (χ3n) is 5.29. The predicted octanol–water partition coefficient (Wildman–Crippen LogP) is 5.11. The third-order valence-corrected chi connectivity index (χ3v) is 5.29. The predicted molar refractivity (Wildman–Crippen MR) is 108 cm³/mol. The summed E-state index contributed by atoms with van der Waals surface area (Å²) in [5, 5.41) is 0. The number of imidazole rings is 1. The van der Waals surface area contributed by atoms with E-state index in [4.69, 9.17) is 0 Å². The van der Waals surface area contributed by atoms with Gasteiger partial charge >= 0.3 is 0 Å². The Balaban J connectivity index is 1.64. The van der Waals surface area contributed by atoms with E-state index in [9.17, 15) is 4.79 Å². The van der Waals surface area contributed by atoms with Gasteiger partial charge in [-0.2, -0.15) is 0 Å². The summed E-state index contributed by atoms with van der Waals surface area (Å²) in [7, 11) is 0. The van der Waals surface area contributed by atoms with E-state index in [2.05, 4.69) is 35.5 Å². The first kappa shape index (κ1) is 17.5. The van der Waals surface area contributed by atoms with Crippen molar-refractivity contribution in [3.05, 3.63) is 78.1 Å². The Morgan fingerprint density at radius 3 is 2.70 bits per heavy atom. The van der Waals surface area contributed by atoms with Gasteiger partial charge in [-0.05, 0) is 44.4 Å². The van der Waals surface area contributed by atoms with Crippen molar-refractivity contribution >= 4 is 5.91 Å². The van der Waals surface area contributed by atoms with Crippen molar-refractivity contribution in [2.45, 2.75) is 38.8 Å². The highest BCUT2D eigenvalue weighted by Gasteiger charge is 2.30. The van der Waals surface area contributed by atoms with Crippen molar-refractivity contribution in [3.63, 3.8) is 0 Å². The number of carbonyl (C=O) groups is 1. The van der Waals surface area contributed by atoms with Crippen LogP contribution >= 0.6 is 0 Å². The third kappa shape index (κ3) is 3.39. The lowest BCUT2D eigenvalue weighted by Gasteiger charge is -2.25. The molecule has 1 aromatic heterocycles. The summed E-state index contributed by atoms with van der Waals surface area (Å²) in [5.41, 5.74) is 2.93. The highest BCUT2D eigenvalue weighted by molar-refractivity contribution is 5.95. The second kappa shape index (κ2) is 7.39. The SMILES string of the molecule is CC(C)n1ccnc1-c1cccc(C(=O)N2CCC[C@H]2c2ccccc2)c1. The fourth-order valence-corrected chi connectivity index (χ4v) is 3.94. The minimum absolute atomic E-state index is 0.103. The maximum absolute atomic E-state index is 13.3. The van der Waals surface area contributed by atoms with Gasteiger partial charge < -0.3 is 9.47 Å². The maximum atomic E-state index is 13.3. The average Bonchev–Trinajstić information content (AvgIpc) is 3.38. The first-order chi connectivity index (χ1) is 13.1. The fraction of sp³-hybridized carbons (Fsp3) is 0.304. The van der Waals surface area contributed by atoms with E-state index in [-0.39, 0.29) is 11.9 Å². The smallest absolute Gasteiger partial charge is 0.254 e. The standard InChI is InChI=1S/C23H25N3O/c1-17(2)25-15-13-24-22(25)19-10-6-11-20(16-19)23(27)26-14-7-12-21(26)18-8-4-3-5-9-18/h3-6,8-11,13,15-17,21H,7,12,14H2,1-2H3/t21-/m0/s1. The van der Waals surface area contributed by atoms with Crippen LogP contribution in [0.25, 0.3) is 11.4 Å². The molecule has 4 rings (SSSR count). The molecule has 2 heterocycles. The van der Waals surface area contributed by atoms with E-state index >= 15 is 0 Å². The molecule has 4 nitrogen and oxygen atoms in total. The van der Waals surface area contributed by atoms with Gasteiger partial charge in [0.05, 0.1) is 6.04 Å². The minimum Gasteiger partial charge on any atom is -0.332 e. The molecule has 0 saturated carbocycles. The number of aromatic nitrogens is 2. The van der Waals surface area contributed by atoms with E-state index < -0.39 is 0 Å². The molecule has 1 saturated heterocycles. The maximum Gasteiger partial charge on any atom is 0.254 e. The van der Waals surface area contributed by atoms with Crippen LogP contribution < -0.4 is 0 Å². The molecule has 3 aromatic rings. The molecule has 2 aromatic carbocycles. The van der Waals surface area contributed by atoms with Crippen LogP contribution in [0.4, 0.5) is 0 Å². The van der Waals surface area contributed by atoms with E-state index in [0.717, 1.165) is 36.3 Å². The zero-order chi connectivity index (χ0) is 18.8. The summed E-state index contributed by atoms with van der Waals surface area (Å²) in [4.78, 5) is 19.8. The van der Waals surface area contributed by atoms with Crippen LogP contribution in [0.3, 0.4) is 0 Å². The van der Waals surface area contributed by atoms with Crippen molar-refractivity contribution in [2.24, 2.45) is 0 Å². The van der Waals surface area contributed by atoms with Gasteiger partial charge in [0.15, 0.2) is 0 Å². The van der Waals surface area contributed by atoms with Crippen molar-refractivity contribution < 1.29 is 4.79 Å². The van der Waals surface area contributed by atoms with E-state index in [1.165, 1.54) is 5.56 Å². The normalized spacial score (nSPS) is 16.9. The molecule has 1 aliphatic rings. The zero-order valence-electron chi connectivity index (χ0n) is 15.9. The van der Waals surface area contributed by atoms with Crippen LogP contribution in [-0.2, 0) is 0 Å². The van der Waals surface area contributed by atoms with Crippen LogP contribution in [0.1, 0.15) is 54.7 Å². The monoisotopic (exact) mass is 359 g/mol. The number of hydrogen-bond donors (Lipinski definition) is 0. The summed E-state index contributed by atoms with van der Waals surface area (Å²) in [6.07, 6.45) is 5.87. The molecular formula is C23H25N3O. The quantitative estimate of drug-likeness (QED) is 0.649. The molecule has 0 aliphatic carbocycles. The largest absolute Gasteiger partial charge is 0.332 e. The number of nitrogens with zero attached hydrogens (tertiary/aromatic N) is 3. The Kier molecular flexibility index (Phi) is 4.80. The van der Waals surface area contributed by atoms with Gasteiger partial charge in [-0.15, -0.1) is 0 Å². The summed E-state index contributed by atoms with van der Waals surface area (Å²) in [6, 6.07) is 18.7. The number of likely N-dealkylation sites (tertiary alicyclic amines) is 1. The molecule has 0 bridgehead atoms. The van der Waals surface area contributed by atoms with Gasteiger partial charge in [0.1, 0.15) is 5.82 Å². The van der Waals surface area contributed by atoms with Crippen molar-refractivity contribution in [1.29, 1.82) is 0 Å². The van der Waals surface area contributed by atoms with Gasteiger partial charge in [0, 0.05) is 36.1 Å². The molecule has 27 heavy (non-hydrogen) atoms. The summed E-state index contributed by atoms with van der Waals surface area (Å²) in [6.45, 7) is 5.08. The lowest BCUT2D eigenvalue weighted by atomic mass is 10.0. The topological polar surface area (TPSA) is 38.1 Å². The fourth-order valence-electron chi connectivity index (χ4n) is 3.94. The number of hydrogen-bond acceptors (Lipinski definition) is 2. The van der Waals surface area contributed by atoms with Crippen LogP contribution in [0.15, 0.2) is 67.0 Å². The molecule has 138 valence electrons. The van der Waals surface area contributed by atoms with Crippen molar-refractivity contribution in [2.75, 3.05) is 6.54 Å². The number of benzene rings is 2. The molecule has 1 aliphatic heterocycles. The second-order valence-electron chi connectivity index (χ2n) is 7.40. The Morgan fingerprint density at radius 2 is 1.93 bits per heavy atom. The Hall–Kier alpha value is -2.88. The minimum atomic E-state index is 0.103. The molecule has 0 unspecified atom stereocenters. The molecule has 1 fully saturated rings. The van der Waals surface area contributed by atoms with Gasteiger partial charge in [-0.3, -0.25) is 4.79 Å². The first-order valence-electron chi connectivity index (χ1n) is 9.64. The van der Waals surface area contributed by atoms with Crippen LogP contribution in [0.5, 0.6) is 0 Å². The molecular weight excluding hydrogens is 334 g/mol. The Labute approximate surface area is 160 Å². The lowest BCUT2D eigenvalue weighted by molar-refractivity contribution is 0.0735. The highest BCUT2D eigenvalue weighted by Crippen LogP contribution is 2.33. The van der Waals surface area contributed by atoms with Gasteiger partial charge in [-0.1, -0.05) is 42.5 Å². The molecule has 0 radical (unpaired) electrons. The van der Waals surface area contributed by atoms with Crippen molar-refractivity contribution in [1.82, 2.24) is 14.5 Å². The first-order valence-corrected chi connectivity index (χ1v) is 9.64. The summed E-state index contributed by atoms with van der Waals surface area (Å²) in [5.74, 6) is 1.01. The molecule has 1 amide bonds. The van der Waals surface area contributed by atoms with Gasteiger partial charge in [-0.25, -0.2) is 4.98 Å². The van der Waals surface area contributed by atoms with Crippen LogP contribution in [0, 0.1) is 0 Å². The van der Waals surface area contributed by atoms with E-state index in [1.807, 2.05) is 59.8 Å². The van der Waals surface area contributed by atoms with Crippen LogP contribution in [0.2, 0.25) is 0 Å². The highest BCUT2D eigenvalue weighted by atomic mass is 16.2. The molecule has 0 spiro atoms. The van der Waals surface area contributed by atoms with Gasteiger partial charge in [0.25, 0.3) is 5.91 Å². The van der Waals surface area contributed by atoms with E-state index in [1.54, 1.807) is 0 Å². The summed E-state index contributed by atoms with van der Waals surface area (Å²) >= 11 is 0. The van der Waals surface area contributed by atoms with Gasteiger partial charge in [0.2, 0.25) is 0 Å².